The van der Waals surface area contributed by atoms with Crippen molar-refractivity contribution >= 4 is 39.5 Å². The molecule has 5 nitrogen and oxygen atoms in total. The van der Waals surface area contributed by atoms with Gasteiger partial charge in [-0.2, -0.15) is 0 Å². The molecule has 0 radical (unpaired) electrons. The Balaban J connectivity index is 1.59. The summed E-state index contributed by atoms with van der Waals surface area (Å²) in [5.74, 6) is -0.146. The van der Waals surface area contributed by atoms with E-state index in [1.165, 1.54) is 4.90 Å². The SMILES string of the molecule is CCCOc1cccc(N2C(=O)C(Nc3cccc4ccccc34)=C(c3ccccc3)C2=O)c1. The molecule has 0 fully saturated rings. The van der Waals surface area contributed by atoms with Gasteiger partial charge in [0.1, 0.15) is 11.4 Å². The maximum absolute atomic E-state index is 13.7. The van der Waals surface area contributed by atoms with Crippen LogP contribution < -0.4 is 15.0 Å². The Morgan fingerprint density at radius 1 is 0.794 bits per heavy atom. The Kier molecular flexibility index (Phi) is 5.83. The Bertz CT molecular complexity index is 1400. The third-order valence-electron chi connectivity index (χ3n) is 5.74. The molecule has 0 saturated carbocycles. The first-order chi connectivity index (χ1) is 16.7. The zero-order valence-electron chi connectivity index (χ0n) is 18.8. The van der Waals surface area contributed by atoms with Crippen molar-refractivity contribution in [2.75, 3.05) is 16.8 Å². The highest BCUT2D eigenvalue weighted by atomic mass is 16.5. The molecule has 168 valence electrons. The van der Waals surface area contributed by atoms with Gasteiger partial charge in [0.15, 0.2) is 0 Å². The molecule has 1 aliphatic rings. The molecule has 2 amide bonds. The minimum Gasteiger partial charge on any atom is -0.494 e. The Morgan fingerprint density at radius 3 is 2.35 bits per heavy atom. The molecule has 1 aliphatic heterocycles. The number of carbonyl (C=O) groups excluding carboxylic acids is 2. The monoisotopic (exact) mass is 448 g/mol. The number of fused-ring (bicyclic) bond motifs is 1. The molecule has 0 aromatic heterocycles. The van der Waals surface area contributed by atoms with Crippen LogP contribution in [0.25, 0.3) is 16.3 Å². The molecular formula is C29H24N2O3. The lowest BCUT2D eigenvalue weighted by Gasteiger charge is -2.17. The lowest BCUT2D eigenvalue weighted by molar-refractivity contribution is -0.120. The fraction of sp³-hybridized carbons (Fsp3) is 0.103. The average molecular weight is 449 g/mol. The minimum absolute atomic E-state index is 0.257. The molecule has 5 rings (SSSR count). The highest BCUT2D eigenvalue weighted by molar-refractivity contribution is 6.46. The third kappa shape index (κ3) is 3.92. The van der Waals surface area contributed by atoms with Crippen molar-refractivity contribution < 1.29 is 14.3 Å². The molecule has 0 aliphatic carbocycles. The predicted molar refractivity (Wildman–Crippen MR) is 136 cm³/mol. The van der Waals surface area contributed by atoms with E-state index >= 15 is 0 Å². The second kappa shape index (κ2) is 9.24. The van der Waals surface area contributed by atoms with E-state index in [9.17, 15) is 9.59 Å². The van der Waals surface area contributed by atoms with E-state index in [-0.39, 0.29) is 11.6 Å². The standard InChI is InChI=1S/C29H24N2O3/c1-2-18-34-23-15-9-14-22(19-23)31-28(32)26(21-11-4-3-5-12-21)27(29(31)33)30-25-17-8-13-20-10-6-7-16-24(20)25/h3-17,19,30H,2,18H2,1H3. The second-order valence-electron chi connectivity index (χ2n) is 8.06. The zero-order chi connectivity index (χ0) is 23.5. The largest absolute Gasteiger partial charge is 0.494 e. The first kappa shape index (κ1) is 21.5. The maximum Gasteiger partial charge on any atom is 0.282 e. The van der Waals surface area contributed by atoms with Gasteiger partial charge in [-0.05, 0) is 35.6 Å². The smallest absolute Gasteiger partial charge is 0.282 e. The maximum atomic E-state index is 13.7. The number of nitrogens with one attached hydrogen (secondary N) is 1. The van der Waals surface area contributed by atoms with E-state index in [1.807, 2.05) is 85.8 Å². The van der Waals surface area contributed by atoms with E-state index in [0.717, 1.165) is 22.9 Å². The van der Waals surface area contributed by atoms with Crippen molar-refractivity contribution in [1.82, 2.24) is 0 Å². The van der Waals surface area contributed by atoms with Crippen molar-refractivity contribution in [3.8, 4) is 5.75 Å². The fourth-order valence-corrected chi connectivity index (χ4v) is 4.15. The lowest BCUT2D eigenvalue weighted by Crippen LogP contribution is -2.32. The molecular weight excluding hydrogens is 424 g/mol. The highest BCUT2D eigenvalue weighted by Crippen LogP contribution is 2.36. The molecule has 0 atom stereocenters. The summed E-state index contributed by atoms with van der Waals surface area (Å²) in [7, 11) is 0. The van der Waals surface area contributed by atoms with Crippen LogP contribution in [-0.4, -0.2) is 18.4 Å². The van der Waals surface area contributed by atoms with Crippen LogP contribution in [0, 0.1) is 0 Å². The topological polar surface area (TPSA) is 58.6 Å². The van der Waals surface area contributed by atoms with E-state index in [0.29, 0.717) is 29.2 Å². The number of amides is 2. The third-order valence-corrected chi connectivity index (χ3v) is 5.74. The van der Waals surface area contributed by atoms with Gasteiger partial charge >= 0.3 is 0 Å². The number of imide groups is 1. The van der Waals surface area contributed by atoms with Gasteiger partial charge in [0.2, 0.25) is 0 Å². The van der Waals surface area contributed by atoms with E-state index < -0.39 is 5.91 Å². The first-order valence-electron chi connectivity index (χ1n) is 11.3. The van der Waals surface area contributed by atoms with Crippen LogP contribution in [0.4, 0.5) is 11.4 Å². The first-order valence-corrected chi connectivity index (χ1v) is 11.3. The summed E-state index contributed by atoms with van der Waals surface area (Å²) in [5.41, 5.74) is 2.53. The summed E-state index contributed by atoms with van der Waals surface area (Å²) in [4.78, 5) is 28.6. The summed E-state index contributed by atoms with van der Waals surface area (Å²) >= 11 is 0. The van der Waals surface area contributed by atoms with Crippen molar-refractivity contribution in [2.24, 2.45) is 0 Å². The number of ether oxygens (including phenoxy) is 1. The van der Waals surface area contributed by atoms with Crippen LogP contribution in [0.1, 0.15) is 18.9 Å². The van der Waals surface area contributed by atoms with E-state index in [2.05, 4.69) is 5.32 Å². The van der Waals surface area contributed by atoms with E-state index in [4.69, 9.17) is 4.74 Å². The zero-order valence-corrected chi connectivity index (χ0v) is 18.8. The van der Waals surface area contributed by atoms with Crippen LogP contribution in [-0.2, 0) is 9.59 Å². The van der Waals surface area contributed by atoms with Gasteiger partial charge < -0.3 is 10.1 Å². The van der Waals surface area contributed by atoms with Crippen LogP contribution in [0.2, 0.25) is 0 Å². The molecule has 0 bridgehead atoms. The molecule has 0 saturated heterocycles. The van der Waals surface area contributed by atoms with Crippen LogP contribution in [0.15, 0.2) is 103 Å². The fourth-order valence-electron chi connectivity index (χ4n) is 4.15. The van der Waals surface area contributed by atoms with Crippen molar-refractivity contribution in [3.05, 3.63) is 108 Å². The Hall–Kier alpha value is -4.38. The quantitative estimate of drug-likeness (QED) is 0.351. The summed E-state index contributed by atoms with van der Waals surface area (Å²) in [6.07, 6.45) is 0.866. The summed E-state index contributed by atoms with van der Waals surface area (Å²) in [6.45, 7) is 2.59. The van der Waals surface area contributed by atoms with Gasteiger partial charge in [-0.25, -0.2) is 4.90 Å². The molecule has 4 aromatic carbocycles. The van der Waals surface area contributed by atoms with E-state index in [1.54, 1.807) is 18.2 Å². The van der Waals surface area contributed by atoms with Gasteiger partial charge in [-0.3, -0.25) is 9.59 Å². The minimum atomic E-state index is -0.399. The summed E-state index contributed by atoms with van der Waals surface area (Å²) < 4.78 is 5.73. The number of benzene rings is 4. The lowest BCUT2D eigenvalue weighted by atomic mass is 10.0. The molecule has 0 spiro atoms. The number of anilines is 2. The van der Waals surface area contributed by atoms with Gasteiger partial charge in [0.25, 0.3) is 11.8 Å². The number of carbonyl (C=O) groups is 2. The van der Waals surface area contributed by atoms with Crippen molar-refractivity contribution in [1.29, 1.82) is 0 Å². The van der Waals surface area contributed by atoms with Gasteiger partial charge in [0, 0.05) is 17.1 Å². The highest BCUT2D eigenvalue weighted by Gasteiger charge is 2.40. The van der Waals surface area contributed by atoms with Gasteiger partial charge in [0.05, 0.1) is 17.9 Å². The molecule has 4 aromatic rings. The van der Waals surface area contributed by atoms with Crippen molar-refractivity contribution in [3.63, 3.8) is 0 Å². The van der Waals surface area contributed by atoms with Gasteiger partial charge in [-0.1, -0.05) is 79.7 Å². The summed E-state index contributed by atoms with van der Waals surface area (Å²) in [5, 5.41) is 5.31. The Morgan fingerprint density at radius 2 is 1.53 bits per heavy atom. The molecule has 5 heteroatoms. The van der Waals surface area contributed by atoms with Crippen LogP contribution >= 0.6 is 0 Å². The number of hydrogen-bond donors (Lipinski definition) is 1. The normalized spacial score (nSPS) is 13.6. The predicted octanol–water partition coefficient (Wildman–Crippen LogP) is 6.03. The second-order valence-corrected chi connectivity index (χ2v) is 8.06. The number of nitrogens with zero attached hydrogens (tertiary/aromatic N) is 1. The Labute approximate surface area is 198 Å². The molecule has 0 unspecified atom stereocenters. The molecule has 1 heterocycles. The van der Waals surface area contributed by atoms with Crippen molar-refractivity contribution in [2.45, 2.75) is 13.3 Å². The summed E-state index contributed by atoms with van der Waals surface area (Å²) in [6, 6.07) is 30.2. The molecule has 34 heavy (non-hydrogen) atoms. The van der Waals surface area contributed by atoms with Crippen LogP contribution in [0.3, 0.4) is 0 Å². The molecule has 1 N–H and O–H groups in total. The number of rotatable bonds is 7. The average Bonchev–Trinajstić information content (AvgIpc) is 3.12. The van der Waals surface area contributed by atoms with Crippen LogP contribution in [0.5, 0.6) is 5.75 Å². The number of hydrogen-bond acceptors (Lipinski definition) is 4. The van der Waals surface area contributed by atoms with Gasteiger partial charge in [-0.15, -0.1) is 0 Å².